The Balaban J connectivity index is 1.41. The van der Waals surface area contributed by atoms with Crippen molar-refractivity contribution < 1.29 is 9.47 Å². The first-order valence-corrected chi connectivity index (χ1v) is 8.37. The third-order valence-electron chi connectivity index (χ3n) is 3.80. The fourth-order valence-corrected chi connectivity index (χ4v) is 2.56. The van der Waals surface area contributed by atoms with Crippen molar-refractivity contribution in [3.8, 4) is 0 Å². The van der Waals surface area contributed by atoms with Crippen LogP contribution in [0.4, 0.5) is 0 Å². The number of ether oxygens (including phenoxy) is 2. The molecule has 1 aliphatic heterocycles. The van der Waals surface area contributed by atoms with Crippen molar-refractivity contribution in [1.29, 1.82) is 0 Å². The van der Waals surface area contributed by atoms with Crippen LogP contribution in [0.5, 0.6) is 0 Å². The van der Waals surface area contributed by atoms with Crippen LogP contribution in [0.3, 0.4) is 0 Å². The fraction of sp³-hybridized carbons (Fsp3) is 0.579. The average Bonchev–Trinajstić information content (AvgIpc) is 2.55. The van der Waals surface area contributed by atoms with E-state index in [1.807, 2.05) is 0 Å². The zero-order valence-corrected chi connectivity index (χ0v) is 13.0. The molecule has 1 aromatic carbocycles. The minimum atomic E-state index is 0.0635. The van der Waals surface area contributed by atoms with E-state index in [0.717, 1.165) is 32.5 Å². The van der Waals surface area contributed by atoms with E-state index in [2.05, 4.69) is 42.5 Å². The maximum Gasteiger partial charge on any atom is 0.157 e. The highest BCUT2D eigenvalue weighted by atomic mass is 16.7. The second kappa shape index (κ2) is 10.6. The van der Waals surface area contributed by atoms with Gasteiger partial charge < -0.3 is 9.47 Å². The molecule has 1 aliphatic rings. The molecular formula is C19H28O2. The summed E-state index contributed by atoms with van der Waals surface area (Å²) in [7, 11) is 0. The number of aryl methyl sites for hydroxylation is 1. The Morgan fingerprint density at radius 1 is 1.05 bits per heavy atom. The van der Waals surface area contributed by atoms with Crippen LogP contribution in [-0.4, -0.2) is 19.5 Å². The molecule has 0 saturated carbocycles. The van der Waals surface area contributed by atoms with Gasteiger partial charge in [0.05, 0.1) is 6.61 Å². The molecule has 0 spiro atoms. The van der Waals surface area contributed by atoms with Crippen LogP contribution in [0.1, 0.15) is 50.5 Å². The molecule has 0 bridgehead atoms. The van der Waals surface area contributed by atoms with Gasteiger partial charge in [0.2, 0.25) is 0 Å². The Kier molecular flexibility index (Phi) is 8.19. The van der Waals surface area contributed by atoms with Gasteiger partial charge in [0.1, 0.15) is 0 Å². The van der Waals surface area contributed by atoms with Gasteiger partial charge in [0, 0.05) is 6.61 Å². The predicted molar refractivity (Wildman–Crippen MR) is 87.3 cm³/mol. The Morgan fingerprint density at radius 3 is 2.62 bits per heavy atom. The van der Waals surface area contributed by atoms with Crippen LogP contribution in [-0.2, 0) is 15.9 Å². The van der Waals surface area contributed by atoms with Crippen LogP contribution < -0.4 is 0 Å². The number of allylic oxidation sites excluding steroid dienone is 2. The van der Waals surface area contributed by atoms with E-state index in [1.165, 1.54) is 37.7 Å². The van der Waals surface area contributed by atoms with Gasteiger partial charge >= 0.3 is 0 Å². The Hall–Kier alpha value is -1.12. The second-order valence-electron chi connectivity index (χ2n) is 5.66. The van der Waals surface area contributed by atoms with E-state index < -0.39 is 0 Å². The lowest BCUT2D eigenvalue weighted by Crippen LogP contribution is -2.22. The number of benzene rings is 1. The molecule has 0 N–H and O–H groups in total. The summed E-state index contributed by atoms with van der Waals surface area (Å²) in [6.45, 7) is 1.69. The summed E-state index contributed by atoms with van der Waals surface area (Å²) < 4.78 is 11.3. The summed E-state index contributed by atoms with van der Waals surface area (Å²) in [6, 6.07) is 10.7. The molecule has 1 heterocycles. The van der Waals surface area contributed by atoms with Crippen LogP contribution >= 0.6 is 0 Å². The topological polar surface area (TPSA) is 18.5 Å². The summed E-state index contributed by atoms with van der Waals surface area (Å²) in [6.07, 6.45) is 13.9. The minimum absolute atomic E-state index is 0.0635. The van der Waals surface area contributed by atoms with Crippen molar-refractivity contribution in [2.45, 2.75) is 57.7 Å². The number of rotatable bonds is 9. The molecule has 0 aliphatic carbocycles. The van der Waals surface area contributed by atoms with Crippen LogP contribution in [0, 0.1) is 0 Å². The molecule has 1 aromatic rings. The summed E-state index contributed by atoms with van der Waals surface area (Å²) >= 11 is 0. The average molecular weight is 288 g/mol. The maximum absolute atomic E-state index is 5.71. The van der Waals surface area contributed by atoms with Gasteiger partial charge in [-0.2, -0.15) is 0 Å². The van der Waals surface area contributed by atoms with Crippen molar-refractivity contribution in [3.05, 3.63) is 48.0 Å². The van der Waals surface area contributed by atoms with Gasteiger partial charge in [0.15, 0.2) is 6.29 Å². The second-order valence-corrected chi connectivity index (χ2v) is 5.66. The summed E-state index contributed by atoms with van der Waals surface area (Å²) in [5, 5.41) is 0. The normalized spacial score (nSPS) is 19.1. The quantitative estimate of drug-likeness (QED) is 0.476. The van der Waals surface area contributed by atoms with Crippen LogP contribution in [0.25, 0.3) is 0 Å². The number of hydrogen-bond donors (Lipinski definition) is 0. The van der Waals surface area contributed by atoms with Gasteiger partial charge in [0.25, 0.3) is 0 Å². The van der Waals surface area contributed by atoms with E-state index in [1.54, 1.807) is 0 Å². The molecule has 1 atom stereocenters. The zero-order valence-electron chi connectivity index (χ0n) is 13.0. The monoisotopic (exact) mass is 288 g/mol. The molecule has 116 valence electrons. The number of hydrogen-bond acceptors (Lipinski definition) is 2. The van der Waals surface area contributed by atoms with Crippen molar-refractivity contribution in [2.24, 2.45) is 0 Å². The van der Waals surface area contributed by atoms with E-state index >= 15 is 0 Å². The van der Waals surface area contributed by atoms with Crippen molar-refractivity contribution in [3.63, 3.8) is 0 Å². The standard InChI is InChI=1S/C19H28O2/c1(3-6-12-18-13-7-5-8-14-18)2-4-10-16-20-19-15-9-11-17-21-19/h1-2,5,7-8,13-14,19H,3-4,6,9-12,15-17H2/b2-1+. The van der Waals surface area contributed by atoms with Crippen LogP contribution in [0.15, 0.2) is 42.5 Å². The summed E-state index contributed by atoms with van der Waals surface area (Å²) in [4.78, 5) is 0. The van der Waals surface area contributed by atoms with Gasteiger partial charge in [-0.05, 0) is 56.9 Å². The molecule has 2 nitrogen and oxygen atoms in total. The molecular weight excluding hydrogens is 260 g/mol. The van der Waals surface area contributed by atoms with Gasteiger partial charge in [-0.3, -0.25) is 0 Å². The molecule has 0 radical (unpaired) electrons. The maximum atomic E-state index is 5.71. The van der Waals surface area contributed by atoms with Gasteiger partial charge in [-0.1, -0.05) is 42.5 Å². The molecule has 0 aromatic heterocycles. The highest BCUT2D eigenvalue weighted by molar-refractivity contribution is 5.14. The fourth-order valence-electron chi connectivity index (χ4n) is 2.56. The highest BCUT2D eigenvalue weighted by Crippen LogP contribution is 2.14. The molecule has 1 saturated heterocycles. The zero-order chi connectivity index (χ0) is 14.6. The number of unbranched alkanes of at least 4 members (excludes halogenated alkanes) is 2. The lowest BCUT2D eigenvalue weighted by atomic mass is 10.1. The Morgan fingerprint density at radius 2 is 1.86 bits per heavy atom. The van der Waals surface area contributed by atoms with Gasteiger partial charge in [-0.15, -0.1) is 0 Å². The lowest BCUT2D eigenvalue weighted by molar-refractivity contribution is -0.162. The smallest absolute Gasteiger partial charge is 0.157 e. The largest absolute Gasteiger partial charge is 0.353 e. The SMILES string of the molecule is C(=C\CCCc1ccccc1)/CCCOC1CCCCO1. The summed E-state index contributed by atoms with van der Waals surface area (Å²) in [5.74, 6) is 0. The molecule has 2 heteroatoms. The summed E-state index contributed by atoms with van der Waals surface area (Å²) in [5.41, 5.74) is 1.44. The Labute approximate surface area is 129 Å². The molecule has 1 unspecified atom stereocenters. The van der Waals surface area contributed by atoms with Crippen molar-refractivity contribution in [2.75, 3.05) is 13.2 Å². The van der Waals surface area contributed by atoms with E-state index in [-0.39, 0.29) is 6.29 Å². The molecule has 0 amide bonds. The predicted octanol–water partition coefficient (Wildman–Crippen LogP) is 4.89. The third-order valence-corrected chi connectivity index (χ3v) is 3.80. The Bertz CT molecular complexity index is 380. The third kappa shape index (κ3) is 7.45. The van der Waals surface area contributed by atoms with E-state index in [9.17, 15) is 0 Å². The first-order chi connectivity index (χ1) is 10.4. The van der Waals surface area contributed by atoms with E-state index in [0.29, 0.717) is 0 Å². The van der Waals surface area contributed by atoms with Crippen molar-refractivity contribution in [1.82, 2.24) is 0 Å². The first kappa shape index (κ1) is 16.3. The first-order valence-electron chi connectivity index (χ1n) is 8.37. The van der Waals surface area contributed by atoms with E-state index in [4.69, 9.17) is 9.47 Å². The van der Waals surface area contributed by atoms with Crippen LogP contribution in [0.2, 0.25) is 0 Å². The minimum Gasteiger partial charge on any atom is -0.353 e. The lowest BCUT2D eigenvalue weighted by Gasteiger charge is -2.22. The molecule has 1 fully saturated rings. The highest BCUT2D eigenvalue weighted by Gasteiger charge is 2.12. The molecule has 21 heavy (non-hydrogen) atoms. The van der Waals surface area contributed by atoms with Crippen molar-refractivity contribution >= 4 is 0 Å². The van der Waals surface area contributed by atoms with Gasteiger partial charge in [-0.25, -0.2) is 0 Å². The molecule has 2 rings (SSSR count).